The summed E-state index contributed by atoms with van der Waals surface area (Å²) < 4.78 is 13.8. The second-order valence-electron chi connectivity index (χ2n) is 14.6. The summed E-state index contributed by atoms with van der Waals surface area (Å²) in [6.07, 6.45) is 12.1. The number of ether oxygens (including phenoxy) is 2. The molecule has 3 fully saturated rings. The molecule has 2 aromatic carbocycles. The lowest BCUT2D eigenvalue weighted by Crippen LogP contribution is -2.67. The standard InChI is InChI=1S/C38H49N2O2/c1-10-20-42-35(30-16-18-39-33-15-13-12-14-29(30)33)34-23-28-17-19-40(34,25-27(28)11-2)24-26-21-31(37(3,4)5)36(41-9)32(22-26)38(6,7)8/h1,11-16,18,21-22,27-28,34-35H,2,17,19-20,23-25H2,3-9H3/q+1/t27-,28-,34+,35-,40?/m0/s1. The second kappa shape index (κ2) is 11.5. The number of piperidine rings is 3. The fourth-order valence-corrected chi connectivity index (χ4v) is 7.75. The Balaban J connectivity index is 1.67. The normalized spacial score (nSPS) is 24.8. The molecule has 0 radical (unpaired) electrons. The second-order valence-corrected chi connectivity index (χ2v) is 14.6. The highest BCUT2D eigenvalue weighted by molar-refractivity contribution is 5.82. The zero-order valence-electron chi connectivity index (χ0n) is 26.7. The molecule has 222 valence electrons. The molecule has 3 aromatic rings. The van der Waals surface area contributed by atoms with Crippen LogP contribution in [0.4, 0.5) is 0 Å². The van der Waals surface area contributed by atoms with E-state index in [-0.39, 0.29) is 29.6 Å². The minimum absolute atomic E-state index is 0.0479. The van der Waals surface area contributed by atoms with Crippen molar-refractivity contribution in [2.24, 2.45) is 11.8 Å². The molecule has 0 saturated carbocycles. The van der Waals surface area contributed by atoms with Crippen LogP contribution < -0.4 is 4.74 Å². The lowest BCUT2D eigenvalue weighted by Gasteiger charge is -2.58. The van der Waals surface area contributed by atoms with Crippen molar-refractivity contribution in [2.75, 3.05) is 26.8 Å². The Bertz CT molecular complexity index is 1450. The lowest BCUT2D eigenvalue weighted by atomic mass is 9.70. The molecule has 1 aromatic heterocycles. The van der Waals surface area contributed by atoms with Crippen molar-refractivity contribution in [3.8, 4) is 18.1 Å². The minimum Gasteiger partial charge on any atom is -0.496 e. The number of pyridine rings is 1. The molecule has 3 aliphatic heterocycles. The number of hydrogen-bond acceptors (Lipinski definition) is 3. The molecule has 3 saturated heterocycles. The van der Waals surface area contributed by atoms with Gasteiger partial charge < -0.3 is 14.0 Å². The molecular formula is C38H49N2O2+. The van der Waals surface area contributed by atoms with Gasteiger partial charge in [0.05, 0.1) is 25.7 Å². The SMILES string of the molecule is C#CCO[C@@H](c1ccnc2ccccc12)[C@H]1C[C@@H]2CC[N+]1(Cc1cc(C(C)(C)C)c(OC)c(C(C)(C)C)c1)C[C@@H]2C=C. The number of quaternary nitrogens is 1. The average Bonchev–Trinajstić information content (AvgIpc) is 2.96. The van der Waals surface area contributed by atoms with Gasteiger partial charge >= 0.3 is 0 Å². The fourth-order valence-electron chi connectivity index (χ4n) is 7.75. The first-order valence-corrected chi connectivity index (χ1v) is 15.5. The van der Waals surface area contributed by atoms with Crippen molar-refractivity contribution in [1.82, 2.24) is 4.98 Å². The van der Waals surface area contributed by atoms with Crippen molar-refractivity contribution in [3.05, 3.63) is 83.6 Å². The summed E-state index contributed by atoms with van der Waals surface area (Å²) in [6.45, 7) is 21.4. The summed E-state index contributed by atoms with van der Waals surface area (Å²) in [6, 6.07) is 15.7. The summed E-state index contributed by atoms with van der Waals surface area (Å²) in [7, 11) is 1.81. The Kier molecular flexibility index (Phi) is 8.31. The van der Waals surface area contributed by atoms with Crippen LogP contribution in [0, 0.1) is 24.2 Å². The number of fused-ring (bicyclic) bond motifs is 4. The van der Waals surface area contributed by atoms with Crippen molar-refractivity contribution in [1.29, 1.82) is 0 Å². The van der Waals surface area contributed by atoms with Crippen LogP contribution in [0.1, 0.15) is 82.7 Å². The Labute approximate surface area is 253 Å². The van der Waals surface area contributed by atoms with E-state index in [1.54, 1.807) is 0 Å². The molecule has 4 nitrogen and oxygen atoms in total. The van der Waals surface area contributed by atoms with Gasteiger partial charge in [0.2, 0.25) is 0 Å². The average molecular weight is 566 g/mol. The largest absolute Gasteiger partial charge is 0.496 e. The molecule has 4 heteroatoms. The highest BCUT2D eigenvalue weighted by Crippen LogP contribution is 2.50. The molecule has 0 amide bonds. The molecule has 1 unspecified atom stereocenters. The first-order chi connectivity index (χ1) is 19.9. The van der Waals surface area contributed by atoms with E-state index in [4.69, 9.17) is 15.9 Å². The van der Waals surface area contributed by atoms with Crippen LogP contribution in [-0.4, -0.2) is 42.3 Å². The first kappa shape index (κ1) is 30.3. The van der Waals surface area contributed by atoms with Gasteiger partial charge in [0.15, 0.2) is 0 Å². The third kappa shape index (κ3) is 5.62. The first-order valence-electron chi connectivity index (χ1n) is 15.5. The van der Waals surface area contributed by atoms with E-state index in [0.717, 1.165) is 47.2 Å². The molecule has 5 atom stereocenters. The Morgan fingerprint density at radius 3 is 2.40 bits per heavy atom. The number of aromatic nitrogens is 1. The van der Waals surface area contributed by atoms with Crippen LogP contribution in [0.15, 0.2) is 61.3 Å². The molecule has 3 aliphatic rings. The van der Waals surface area contributed by atoms with Crippen LogP contribution in [0.25, 0.3) is 10.9 Å². The van der Waals surface area contributed by atoms with E-state index in [1.165, 1.54) is 28.7 Å². The van der Waals surface area contributed by atoms with Gasteiger partial charge in [-0.2, -0.15) is 0 Å². The maximum Gasteiger partial charge on any atom is 0.136 e. The van der Waals surface area contributed by atoms with Gasteiger partial charge in [0.1, 0.15) is 31.0 Å². The summed E-state index contributed by atoms with van der Waals surface area (Å²) in [5.41, 5.74) is 6.01. The predicted molar refractivity (Wildman–Crippen MR) is 174 cm³/mol. The van der Waals surface area contributed by atoms with Gasteiger partial charge in [-0.3, -0.25) is 4.98 Å². The maximum atomic E-state index is 6.68. The van der Waals surface area contributed by atoms with Gasteiger partial charge in [-0.05, 0) is 46.6 Å². The zero-order valence-corrected chi connectivity index (χ0v) is 26.7. The third-order valence-corrected chi connectivity index (χ3v) is 9.83. The summed E-state index contributed by atoms with van der Waals surface area (Å²) in [4.78, 5) is 4.66. The third-order valence-electron chi connectivity index (χ3n) is 9.83. The highest BCUT2D eigenvalue weighted by Gasteiger charge is 2.54. The van der Waals surface area contributed by atoms with E-state index in [0.29, 0.717) is 11.8 Å². The van der Waals surface area contributed by atoms with Crippen LogP contribution in [0.2, 0.25) is 0 Å². The highest BCUT2D eigenvalue weighted by atomic mass is 16.5. The molecule has 0 spiro atoms. The summed E-state index contributed by atoms with van der Waals surface area (Å²) in [5, 5.41) is 1.15. The van der Waals surface area contributed by atoms with E-state index >= 15 is 0 Å². The molecule has 4 heterocycles. The molecule has 42 heavy (non-hydrogen) atoms. The fraction of sp³-hybridized carbons (Fsp3) is 0.500. The number of terminal acetylenes is 1. The lowest BCUT2D eigenvalue weighted by molar-refractivity contribution is -0.985. The molecule has 6 rings (SSSR count). The number of benzene rings is 2. The number of hydrogen-bond donors (Lipinski definition) is 0. The molecule has 0 aliphatic carbocycles. The Morgan fingerprint density at radius 1 is 1.10 bits per heavy atom. The number of methoxy groups -OCH3 is 1. The van der Waals surface area contributed by atoms with E-state index in [2.05, 4.69) is 108 Å². The van der Waals surface area contributed by atoms with Gasteiger partial charge in [-0.1, -0.05) is 71.7 Å². The smallest absolute Gasteiger partial charge is 0.136 e. The van der Waals surface area contributed by atoms with Crippen molar-refractivity contribution >= 4 is 10.9 Å². The number of rotatable bonds is 8. The van der Waals surface area contributed by atoms with Crippen LogP contribution in [-0.2, 0) is 22.1 Å². The summed E-state index contributed by atoms with van der Waals surface area (Å²) in [5.74, 6) is 4.90. The molecular weight excluding hydrogens is 516 g/mol. The van der Waals surface area contributed by atoms with Gasteiger partial charge in [-0.25, -0.2) is 0 Å². The van der Waals surface area contributed by atoms with Crippen molar-refractivity contribution in [3.63, 3.8) is 0 Å². The van der Waals surface area contributed by atoms with E-state index in [9.17, 15) is 0 Å². The van der Waals surface area contributed by atoms with Crippen molar-refractivity contribution < 1.29 is 14.0 Å². The van der Waals surface area contributed by atoms with Crippen LogP contribution in [0.3, 0.4) is 0 Å². The topological polar surface area (TPSA) is 31.4 Å². The molecule has 2 bridgehead atoms. The quantitative estimate of drug-likeness (QED) is 0.157. The van der Waals surface area contributed by atoms with Crippen LogP contribution in [0.5, 0.6) is 5.75 Å². The van der Waals surface area contributed by atoms with Gasteiger partial charge in [-0.15, -0.1) is 13.0 Å². The van der Waals surface area contributed by atoms with Crippen LogP contribution >= 0.6 is 0 Å². The summed E-state index contributed by atoms with van der Waals surface area (Å²) >= 11 is 0. The van der Waals surface area contributed by atoms with Gasteiger partial charge in [0.25, 0.3) is 0 Å². The van der Waals surface area contributed by atoms with E-state index < -0.39 is 0 Å². The zero-order chi connectivity index (χ0) is 30.3. The number of nitrogens with zero attached hydrogens (tertiary/aromatic N) is 2. The monoisotopic (exact) mass is 565 g/mol. The van der Waals surface area contributed by atoms with Gasteiger partial charge in [0, 0.05) is 47.0 Å². The minimum atomic E-state index is -0.120. The van der Waals surface area contributed by atoms with Crippen molar-refractivity contribution in [2.45, 2.75) is 83.9 Å². The Morgan fingerprint density at radius 2 is 1.79 bits per heavy atom. The van der Waals surface area contributed by atoms with E-state index in [1.807, 2.05) is 13.3 Å². The Hall–Kier alpha value is -3.13. The maximum absolute atomic E-state index is 6.68. The number of para-hydroxylation sites is 1. The predicted octanol–water partition coefficient (Wildman–Crippen LogP) is 8.14. The molecule has 0 N–H and O–H groups in total.